The van der Waals surface area contributed by atoms with Crippen LogP contribution >= 0.6 is 0 Å². The number of para-hydroxylation sites is 1. The summed E-state index contributed by atoms with van der Waals surface area (Å²) < 4.78 is 5.43. The van der Waals surface area contributed by atoms with Gasteiger partial charge >= 0.3 is 0 Å². The summed E-state index contributed by atoms with van der Waals surface area (Å²) in [4.78, 5) is 8.20. The first-order valence-corrected chi connectivity index (χ1v) is 9.80. The van der Waals surface area contributed by atoms with Crippen molar-refractivity contribution in [1.29, 1.82) is 0 Å². The first-order chi connectivity index (χ1) is 13.2. The van der Waals surface area contributed by atoms with E-state index < -0.39 is 0 Å². The topological polar surface area (TPSA) is 78.2 Å². The zero-order valence-electron chi connectivity index (χ0n) is 16.4. The third-order valence-electron chi connectivity index (χ3n) is 4.62. The Hall–Kier alpha value is -2.76. The molecule has 2 heterocycles. The van der Waals surface area contributed by atoms with E-state index in [2.05, 4.69) is 71.9 Å². The number of H-pyrrole nitrogens is 1. The lowest BCUT2D eigenvalue weighted by molar-refractivity contribution is 0.380. The minimum Gasteiger partial charge on any atom is -0.361 e. The average Bonchev–Trinajstić information content (AvgIpc) is 3.28. The molecule has 0 fully saturated rings. The number of rotatable bonds is 8. The standard InChI is InChI=1S/C21H29N5O/c1-4-18-17(20(5-2)27-26-18)14-24-21(22-6-3)23-12-11-16-13-15-9-7-8-10-19(15)25-16/h7-10,13,25H,4-6,11-12,14H2,1-3H3,(H2,22,23,24). The zero-order valence-corrected chi connectivity index (χ0v) is 16.4. The van der Waals surface area contributed by atoms with E-state index in [1.54, 1.807) is 0 Å². The van der Waals surface area contributed by atoms with Gasteiger partial charge in [-0.3, -0.25) is 0 Å². The summed E-state index contributed by atoms with van der Waals surface area (Å²) in [6.45, 7) is 8.46. The Bertz CT molecular complexity index is 839. The van der Waals surface area contributed by atoms with Crippen molar-refractivity contribution in [3.63, 3.8) is 0 Å². The van der Waals surface area contributed by atoms with Gasteiger partial charge in [0.05, 0.1) is 12.2 Å². The Labute approximate surface area is 160 Å². The molecule has 0 saturated heterocycles. The Morgan fingerprint density at radius 2 is 2.00 bits per heavy atom. The first kappa shape index (κ1) is 19.0. The van der Waals surface area contributed by atoms with Crippen LogP contribution in [0.15, 0.2) is 39.8 Å². The average molecular weight is 367 g/mol. The highest BCUT2D eigenvalue weighted by atomic mass is 16.5. The van der Waals surface area contributed by atoms with Gasteiger partial charge < -0.3 is 20.1 Å². The van der Waals surface area contributed by atoms with Gasteiger partial charge in [-0.2, -0.15) is 0 Å². The van der Waals surface area contributed by atoms with Crippen LogP contribution in [-0.2, 0) is 25.8 Å². The van der Waals surface area contributed by atoms with Gasteiger partial charge in [0.2, 0.25) is 0 Å². The molecule has 0 spiro atoms. The molecule has 6 heteroatoms. The fourth-order valence-corrected chi connectivity index (χ4v) is 3.20. The predicted molar refractivity (Wildman–Crippen MR) is 110 cm³/mol. The van der Waals surface area contributed by atoms with Gasteiger partial charge in [-0.15, -0.1) is 0 Å². The largest absolute Gasteiger partial charge is 0.361 e. The fourth-order valence-electron chi connectivity index (χ4n) is 3.20. The molecule has 3 rings (SSSR count). The van der Waals surface area contributed by atoms with Crippen molar-refractivity contribution in [2.75, 3.05) is 13.1 Å². The number of aromatic amines is 1. The second-order valence-corrected chi connectivity index (χ2v) is 6.49. The molecule has 144 valence electrons. The van der Waals surface area contributed by atoms with Crippen LogP contribution in [0.2, 0.25) is 0 Å². The van der Waals surface area contributed by atoms with E-state index in [0.717, 1.165) is 55.3 Å². The third-order valence-corrected chi connectivity index (χ3v) is 4.62. The summed E-state index contributed by atoms with van der Waals surface area (Å²) in [5, 5.41) is 12.1. The second-order valence-electron chi connectivity index (χ2n) is 6.49. The lowest BCUT2D eigenvalue weighted by Crippen LogP contribution is -2.38. The van der Waals surface area contributed by atoms with Crippen LogP contribution in [-0.4, -0.2) is 29.2 Å². The van der Waals surface area contributed by atoms with E-state index in [9.17, 15) is 0 Å². The van der Waals surface area contributed by atoms with E-state index in [-0.39, 0.29) is 0 Å². The first-order valence-electron chi connectivity index (χ1n) is 9.80. The molecule has 0 radical (unpaired) electrons. The highest BCUT2D eigenvalue weighted by molar-refractivity contribution is 5.81. The molecule has 1 aromatic carbocycles. The normalized spacial score (nSPS) is 11.9. The van der Waals surface area contributed by atoms with Gasteiger partial charge in [0.1, 0.15) is 5.76 Å². The SMILES string of the molecule is CCNC(=NCc1c(CC)noc1CC)NCCc1cc2ccccc2[nH]1. The summed E-state index contributed by atoms with van der Waals surface area (Å²) in [6.07, 6.45) is 2.60. The molecule has 0 aliphatic rings. The summed E-state index contributed by atoms with van der Waals surface area (Å²) in [6, 6.07) is 10.6. The van der Waals surface area contributed by atoms with Gasteiger partial charge in [-0.25, -0.2) is 4.99 Å². The highest BCUT2D eigenvalue weighted by Crippen LogP contribution is 2.17. The quantitative estimate of drug-likeness (QED) is 0.420. The molecule has 3 aromatic rings. The monoisotopic (exact) mass is 367 g/mol. The molecule has 2 aromatic heterocycles. The number of hydrogen-bond acceptors (Lipinski definition) is 3. The number of fused-ring (bicyclic) bond motifs is 1. The van der Waals surface area contributed by atoms with Gasteiger partial charge in [0.15, 0.2) is 5.96 Å². The van der Waals surface area contributed by atoms with E-state index in [1.807, 2.05) is 0 Å². The van der Waals surface area contributed by atoms with Crippen molar-refractivity contribution in [1.82, 2.24) is 20.8 Å². The minimum atomic E-state index is 0.581. The van der Waals surface area contributed by atoms with Gasteiger partial charge in [-0.05, 0) is 30.9 Å². The number of nitrogens with zero attached hydrogens (tertiary/aromatic N) is 2. The zero-order chi connectivity index (χ0) is 19.1. The van der Waals surface area contributed by atoms with E-state index in [4.69, 9.17) is 9.52 Å². The Kier molecular flexibility index (Phi) is 6.52. The van der Waals surface area contributed by atoms with Gasteiger partial charge in [0.25, 0.3) is 0 Å². The molecule has 0 bridgehead atoms. The van der Waals surface area contributed by atoms with Crippen LogP contribution in [0.3, 0.4) is 0 Å². The summed E-state index contributed by atoms with van der Waals surface area (Å²) in [5.41, 5.74) is 4.53. The van der Waals surface area contributed by atoms with Crippen molar-refractivity contribution in [3.8, 4) is 0 Å². The fraction of sp³-hybridized carbons (Fsp3) is 0.429. The summed E-state index contributed by atoms with van der Waals surface area (Å²) in [5.74, 6) is 1.75. The number of aromatic nitrogens is 2. The predicted octanol–water partition coefficient (Wildman–Crippen LogP) is 3.58. The number of benzene rings is 1. The van der Waals surface area contributed by atoms with Crippen LogP contribution in [0.25, 0.3) is 10.9 Å². The molecule has 3 N–H and O–H groups in total. The Morgan fingerprint density at radius 3 is 2.74 bits per heavy atom. The Morgan fingerprint density at radius 1 is 1.15 bits per heavy atom. The van der Waals surface area contributed by atoms with Crippen molar-refractivity contribution in [3.05, 3.63) is 53.0 Å². The number of guanidine groups is 1. The van der Waals surface area contributed by atoms with E-state index in [0.29, 0.717) is 6.54 Å². The molecule has 0 unspecified atom stereocenters. The molecule has 0 amide bonds. The maximum absolute atomic E-state index is 5.43. The van der Waals surface area contributed by atoms with Crippen LogP contribution in [0.4, 0.5) is 0 Å². The third kappa shape index (κ3) is 4.70. The molecule has 27 heavy (non-hydrogen) atoms. The molecule has 6 nitrogen and oxygen atoms in total. The van der Waals surface area contributed by atoms with Crippen molar-refractivity contribution in [2.24, 2.45) is 4.99 Å². The minimum absolute atomic E-state index is 0.581. The van der Waals surface area contributed by atoms with Crippen molar-refractivity contribution in [2.45, 2.75) is 46.6 Å². The Balaban J connectivity index is 1.61. The molecule has 0 aliphatic carbocycles. The number of aliphatic imine (C=N–C) groups is 1. The van der Waals surface area contributed by atoms with Crippen LogP contribution in [0.1, 0.15) is 43.5 Å². The molecular formula is C21H29N5O. The van der Waals surface area contributed by atoms with Gasteiger partial charge in [0, 0.05) is 42.7 Å². The van der Waals surface area contributed by atoms with Crippen molar-refractivity contribution >= 4 is 16.9 Å². The lowest BCUT2D eigenvalue weighted by Gasteiger charge is -2.11. The number of aryl methyl sites for hydroxylation is 2. The number of nitrogens with one attached hydrogen (secondary N) is 3. The molecular weight excluding hydrogens is 338 g/mol. The maximum atomic E-state index is 5.43. The van der Waals surface area contributed by atoms with Gasteiger partial charge in [-0.1, -0.05) is 37.2 Å². The highest BCUT2D eigenvalue weighted by Gasteiger charge is 2.13. The smallest absolute Gasteiger partial charge is 0.191 e. The van der Waals surface area contributed by atoms with Crippen LogP contribution < -0.4 is 10.6 Å². The van der Waals surface area contributed by atoms with Crippen LogP contribution in [0, 0.1) is 0 Å². The van der Waals surface area contributed by atoms with E-state index >= 15 is 0 Å². The second kappa shape index (κ2) is 9.26. The number of hydrogen-bond donors (Lipinski definition) is 3. The lowest BCUT2D eigenvalue weighted by atomic mass is 10.1. The summed E-state index contributed by atoms with van der Waals surface area (Å²) >= 11 is 0. The molecule has 0 saturated carbocycles. The van der Waals surface area contributed by atoms with Crippen molar-refractivity contribution < 1.29 is 4.52 Å². The molecule has 0 aliphatic heterocycles. The van der Waals surface area contributed by atoms with E-state index in [1.165, 1.54) is 16.6 Å². The summed E-state index contributed by atoms with van der Waals surface area (Å²) in [7, 11) is 0. The van der Waals surface area contributed by atoms with Crippen LogP contribution in [0.5, 0.6) is 0 Å². The molecule has 0 atom stereocenters. The maximum Gasteiger partial charge on any atom is 0.191 e.